The first-order valence-electron chi connectivity index (χ1n) is 11.1. The Kier molecular flexibility index (Phi) is 7.08. The van der Waals surface area contributed by atoms with Gasteiger partial charge in [0.15, 0.2) is 17.4 Å². The molecule has 35 heavy (non-hydrogen) atoms. The molecule has 1 saturated carbocycles. The molecule has 1 amide bonds. The highest BCUT2D eigenvalue weighted by molar-refractivity contribution is 7.14. The van der Waals surface area contributed by atoms with Crippen LogP contribution < -0.4 is 11.5 Å². The average Bonchev–Trinajstić information content (AvgIpc) is 3.46. The number of phenols is 1. The molecule has 11 heteroatoms. The summed E-state index contributed by atoms with van der Waals surface area (Å²) in [6, 6.07) is 8.10. The van der Waals surface area contributed by atoms with E-state index in [2.05, 4.69) is 27.8 Å². The molecule has 0 unspecified atom stereocenters. The summed E-state index contributed by atoms with van der Waals surface area (Å²) in [5.74, 6) is -3.65. The summed E-state index contributed by atoms with van der Waals surface area (Å²) in [5.41, 5.74) is 1.79. The van der Waals surface area contributed by atoms with Gasteiger partial charge in [-0.2, -0.15) is 5.10 Å². The zero-order valence-corrected chi connectivity index (χ0v) is 20.0. The van der Waals surface area contributed by atoms with Crippen LogP contribution in [0.15, 0.2) is 36.5 Å². The maximum atomic E-state index is 13.5. The number of benzene rings is 2. The topological polar surface area (TPSA) is 128 Å². The number of phenolic OH excluding ortho intramolecular Hbond substituents is 1. The van der Waals surface area contributed by atoms with Crippen molar-refractivity contribution in [1.82, 2.24) is 31.4 Å². The first-order valence-corrected chi connectivity index (χ1v) is 11.9. The van der Waals surface area contributed by atoms with Crippen molar-refractivity contribution >= 4 is 28.1 Å². The fourth-order valence-electron chi connectivity index (χ4n) is 4.42. The van der Waals surface area contributed by atoms with E-state index >= 15 is 0 Å². The quantitative estimate of drug-likeness (QED) is 0.347. The second-order valence-electron chi connectivity index (χ2n) is 8.68. The molecule has 2 heterocycles. The van der Waals surface area contributed by atoms with Crippen LogP contribution in [0, 0.1) is 24.5 Å². The van der Waals surface area contributed by atoms with Crippen LogP contribution in [0.2, 0.25) is 0 Å². The average molecular weight is 501 g/mol. The third-order valence-electron chi connectivity index (χ3n) is 6.32. The van der Waals surface area contributed by atoms with Crippen LogP contribution in [0.4, 0.5) is 8.78 Å². The number of hydrogen-bond acceptors (Lipinski definition) is 7. The molecule has 1 aliphatic carbocycles. The highest BCUT2D eigenvalue weighted by Crippen LogP contribution is 2.33. The lowest BCUT2D eigenvalue weighted by Gasteiger charge is -2.28. The van der Waals surface area contributed by atoms with Gasteiger partial charge in [0.25, 0.3) is 5.91 Å². The normalized spacial score (nSPS) is 17.8. The van der Waals surface area contributed by atoms with Crippen LogP contribution >= 0.6 is 11.3 Å². The van der Waals surface area contributed by atoms with Crippen LogP contribution in [-0.4, -0.2) is 37.5 Å². The van der Waals surface area contributed by atoms with Crippen LogP contribution in [0.25, 0.3) is 21.5 Å². The lowest BCUT2D eigenvalue weighted by Crippen LogP contribution is -2.31. The van der Waals surface area contributed by atoms with E-state index in [1.165, 1.54) is 0 Å². The molecule has 5 N–H and O–H groups in total. The summed E-state index contributed by atoms with van der Waals surface area (Å²) in [6.45, 7) is 2.37. The van der Waals surface area contributed by atoms with Crippen molar-refractivity contribution in [2.24, 2.45) is 5.92 Å². The summed E-state index contributed by atoms with van der Waals surface area (Å²) < 4.78 is 29.0. The van der Waals surface area contributed by atoms with Gasteiger partial charge in [0, 0.05) is 29.3 Å². The van der Waals surface area contributed by atoms with Gasteiger partial charge in [-0.3, -0.25) is 9.48 Å². The van der Waals surface area contributed by atoms with Gasteiger partial charge in [0.2, 0.25) is 0 Å². The van der Waals surface area contributed by atoms with E-state index < -0.39 is 23.3 Å². The van der Waals surface area contributed by atoms with Gasteiger partial charge in [-0.1, -0.05) is 23.5 Å². The monoisotopic (exact) mass is 500 g/mol. The predicted molar refractivity (Wildman–Crippen MR) is 130 cm³/mol. The van der Waals surface area contributed by atoms with E-state index in [4.69, 9.17) is 5.10 Å². The molecule has 8 nitrogen and oxygen atoms in total. The van der Waals surface area contributed by atoms with Gasteiger partial charge in [-0.05, 0) is 56.7 Å². The van der Waals surface area contributed by atoms with Crippen molar-refractivity contribution in [3.8, 4) is 16.3 Å². The first kappa shape index (κ1) is 24.7. The molecule has 0 spiro atoms. The number of nitrogens with one attached hydrogen (secondary N) is 1. The molecule has 1 fully saturated rings. The first-order chi connectivity index (χ1) is 16.4. The fraction of sp³-hybridized carbons (Fsp3) is 0.333. The Morgan fingerprint density at radius 1 is 1.14 bits per heavy atom. The van der Waals surface area contributed by atoms with Crippen LogP contribution in [-0.2, 0) is 0 Å². The van der Waals surface area contributed by atoms with Crippen molar-refractivity contribution in [2.75, 3.05) is 6.54 Å². The van der Waals surface area contributed by atoms with Crippen molar-refractivity contribution in [3.05, 3.63) is 58.7 Å². The summed E-state index contributed by atoms with van der Waals surface area (Å²) in [4.78, 5) is 12.3. The van der Waals surface area contributed by atoms with Crippen LogP contribution in [0.1, 0.15) is 47.1 Å². The van der Waals surface area contributed by atoms with Gasteiger partial charge >= 0.3 is 0 Å². The summed E-state index contributed by atoms with van der Waals surface area (Å²) >= 11 is 1.56. The predicted octanol–water partition coefficient (Wildman–Crippen LogP) is 5.17. The molecular weight excluding hydrogens is 474 g/mol. The molecule has 0 bridgehead atoms. The third-order valence-corrected chi connectivity index (χ3v) is 7.21. The van der Waals surface area contributed by atoms with Crippen LogP contribution in [0.3, 0.4) is 0 Å². The van der Waals surface area contributed by atoms with Crippen molar-refractivity contribution in [3.63, 3.8) is 0 Å². The molecule has 1 aliphatic rings. The number of aromatic nitrogens is 4. The van der Waals surface area contributed by atoms with Gasteiger partial charge in [-0.15, -0.1) is 10.2 Å². The Hall–Kier alpha value is -3.44. The highest BCUT2D eigenvalue weighted by atomic mass is 32.1. The Morgan fingerprint density at radius 3 is 2.51 bits per heavy atom. The number of rotatable bonds is 5. The fourth-order valence-corrected chi connectivity index (χ4v) is 5.11. The molecule has 0 atom stereocenters. The van der Waals surface area contributed by atoms with E-state index in [0.717, 1.165) is 64.3 Å². The molecular formula is C24H26F2N6O2S. The lowest BCUT2D eigenvalue weighted by molar-refractivity contribution is 0.0940. The van der Waals surface area contributed by atoms with Gasteiger partial charge in [0.05, 0.1) is 11.6 Å². The maximum absolute atomic E-state index is 13.5. The number of carbonyl (C=O) groups is 1. The number of hydrogen-bond donors (Lipinski definition) is 3. The number of aryl methyl sites for hydroxylation is 1. The smallest absolute Gasteiger partial charge is 0.251 e. The Labute approximate surface area is 204 Å². The second kappa shape index (κ2) is 10.0. The summed E-state index contributed by atoms with van der Waals surface area (Å²) in [7, 11) is 0. The van der Waals surface area contributed by atoms with E-state index in [0.29, 0.717) is 6.54 Å². The molecule has 0 radical (unpaired) electrons. The van der Waals surface area contributed by atoms with Gasteiger partial charge < -0.3 is 16.6 Å². The minimum absolute atomic E-state index is 0. The molecule has 0 saturated heterocycles. The van der Waals surface area contributed by atoms with Crippen molar-refractivity contribution in [2.45, 2.75) is 38.6 Å². The maximum Gasteiger partial charge on any atom is 0.251 e. The third kappa shape index (κ3) is 5.15. The molecule has 0 aliphatic heterocycles. The molecule has 5 rings (SSSR count). The number of carbonyl (C=O) groups excluding carboxylic acids is 1. The molecule has 2 aromatic carbocycles. The number of fused-ring (bicyclic) bond motifs is 1. The standard InChI is InChI=1S/C24H23F2N5O2S.H3N/c1-13-28-29-24(34-13)15-4-5-16-12-31(30-21(16)10-15)18-6-2-14(3-7-18)11-27-23(33)17-8-19(25)22(32)20(26)9-17;/h4-5,8-10,12,14,18,32H,2-3,6-7,11H2,1H3,(H,27,33);1H3. The Bertz CT molecular complexity index is 1340. The van der Waals surface area contributed by atoms with Crippen LogP contribution in [0.5, 0.6) is 5.75 Å². The molecule has 184 valence electrons. The van der Waals surface area contributed by atoms with E-state index in [1.54, 1.807) is 11.3 Å². The zero-order chi connectivity index (χ0) is 23.8. The van der Waals surface area contributed by atoms with Gasteiger partial charge in [-0.25, -0.2) is 8.78 Å². The van der Waals surface area contributed by atoms with Gasteiger partial charge in [0.1, 0.15) is 10.0 Å². The molecule has 2 aromatic heterocycles. The van der Waals surface area contributed by atoms with E-state index in [9.17, 15) is 18.7 Å². The largest absolute Gasteiger partial charge is 0.503 e. The second-order valence-corrected chi connectivity index (χ2v) is 9.86. The number of nitrogens with zero attached hydrogens (tertiary/aromatic N) is 4. The summed E-state index contributed by atoms with van der Waals surface area (Å²) in [5, 5.41) is 27.9. The molecule has 4 aromatic rings. The Balaban J connectivity index is 0.00000289. The highest BCUT2D eigenvalue weighted by Gasteiger charge is 2.24. The minimum atomic E-state index is -1.15. The summed E-state index contributed by atoms with van der Waals surface area (Å²) in [6.07, 6.45) is 5.76. The Morgan fingerprint density at radius 2 is 1.86 bits per heavy atom. The van der Waals surface area contributed by atoms with Crippen molar-refractivity contribution in [1.29, 1.82) is 0 Å². The number of halogens is 2. The minimum Gasteiger partial charge on any atom is -0.503 e. The lowest BCUT2D eigenvalue weighted by atomic mass is 9.86. The number of aromatic hydroxyl groups is 1. The zero-order valence-electron chi connectivity index (χ0n) is 19.2. The van der Waals surface area contributed by atoms with E-state index in [-0.39, 0.29) is 23.7 Å². The van der Waals surface area contributed by atoms with E-state index in [1.807, 2.05) is 23.7 Å². The number of amides is 1. The van der Waals surface area contributed by atoms with Crippen molar-refractivity contribution < 1.29 is 18.7 Å². The SMILES string of the molecule is Cc1nnc(-c2ccc3cn(C4CCC(CNC(=O)c5cc(F)c(O)c(F)c5)CC4)nc3c2)s1.N.